The molecule has 0 bridgehead atoms. The Morgan fingerprint density at radius 3 is 0.858 bits per heavy atom. The molecule has 4 aromatic heterocycles. The van der Waals surface area contributed by atoms with Crippen molar-refractivity contribution in [3.05, 3.63) is 448 Å². The first kappa shape index (κ1) is 95.1. The minimum atomic E-state index is -1.46. The van der Waals surface area contributed by atoms with Gasteiger partial charge in [-0.25, -0.2) is 0 Å². The van der Waals surface area contributed by atoms with Crippen LogP contribution in [-0.2, 0) is 4.74 Å². The molecule has 659 valence electrons. The average molecular weight is 1990 g/mol. The van der Waals surface area contributed by atoms with E-state index in [1.807, 2.05) is 72.8 Å². The second-order valence-electron chi connectivity index (χ2n) is 30.7. The molecule has 0 saturated carbocycles. The van der Waals surface area contributed by atoms with Crippen molar-refractivity contribution >= 4 is 217 Å². The zero-order valence-corrected chi connectivity index (χ0v) is 78.8. The standard InChI is InChI=1S/C26H18BrN.C25H16BrNO.C25H17NO.C18H12BrN.C7H7BO3.C6H6BClO2.C4H8O.CH3F.BHNS/c1-2-18-8-10-19(11-9-18)20-12-14-25-23(16-20)24-17-21(27)13-15-26(24)28(25)22-6-4-3-5-7-22;26-20-11-13-25-23(15-20)22-14-19(18-8-6-17(16-28)7-9-18)10-12-24(22)27(25)21-4-2-1-3-5-21;27-17-18-10-12-19(13-11-18)20-14-15-25-23(16-20)22-8-4-5-9-24(22)26(25)21-6-2-1-3-7-21;19-13-10-11-18-16(12-13)15-8-4-5-9-17(15)20(18)14-6-2-1-3-7-14;9-5-6-1-3-7(4-2-6)8(10)11;8-6-3-1-5(2-4-6)7(9)10;1-2-4-5-3-1;1-2;1-2-3/h2-17H,1H2;1-16H;1-17H;1-12H;1-5,10-11H;1-4,9-10H;1-4H2;1H3;3H/i;;;;;;;1D;. The van der Waals surface area contributed by atoms with Crippen LogP contribution in [0.2, 0.25) is 5.02 Å². The van der Waals surface area contributed by atoms with E-state index in [9.17, 15) is 18.8 Å². The Hall–Kier alpha value is -13.5. The van der Waals surface area contributed by atoms with Crippen molar-refractivity contribution in [1.29, 1.82) is 0 Å². The predicted molar refractivity (Wildman–Crippen MR) is 571 cm³/mol. The van der Waals surface area contributed by atoms with Crippen molar-refractivity contribution in [2.75, 3.05) is 20.4 Å². The Morgan fingerprint density at radius 2 is 0.582 bits per heavy atom. The van der Waals surface area contributed by atoms with Gasteiger partial charge < -0.3 is 43.1 Å². The third-order valence-electron chi connectivity index (χ3n) is 22.4. The molecule has 1 radical (unpaired) electrons. The summed E-state index contributed by atoms with van der Waals surface area (Å²) < 4.78 is 35.7. The fourth-order valence-electron chi connectivity index (χ4n) is 16.1. The summed E-state index contributed by atoms with van der Waals surface area (Å²) in [4.78, 5) is 32.0. The zero-order valence-electron chi connectivity index (χ0n) is 73.4. The minimum absolute atomic E-state index is 0.385. The molecule has 1 saturated heterocycles. The number of para-hydroxylation sites is 6. The Labute approximate surface area is 815 Å². The van der Waals surface area contributed by atoms with E-state index in [0.29, 0.717) is 38.9 Å². The summed E-state index contributed by atoms with van der Waals surface area (Å²) in [5, 5.41) is 45.1. The van der Waals surface area contributed by atoms with Crippen LogP contribution in [-0.4, -0.2) is 99.5 Å². The fourth-order valence-corrected chi connectivity index (χ4v) is 17.3. The molecule has 4 N–H and O–H groups in total. The summed E-state index contributed by atoms with van der Waals surface area (Å²) in [6.07, 6.45) is 6.88. The second kappa shape index (κ2) is 47.2. The number of alkyl halides is 1. The number of aldehydes is 3. The van der Waals surface area contributed by atoms with Crippen molar-refractivity contribution in [2.24, 2.45) is 4.30 Å². The number of thiol groups is 1. The third-order valence-corrected chi connectivity index (χ3v) is 24.2. The number of nitrogens with zero attached hydrogens (tertiary/aromatic N) is 5. The van der Waals surface area contributed by atoms with E-state index in [-0.39, 0.29) is 0 Å². The molecule has 21 aromatic rings. The van der Waals surface area contributed by atoms with Crippen molar-refractivity contribution in [3.8, 4) is 56.1 Å². The molecule has 0 spiro atoms. The summed E-state index contributed by atoms with van der Waals surface area (Å²) in [6.45, 7) is 5.84. The maximum absolute atomic E-state index is 10.9. The molecule has 134 heavy (non-hydrogen) atoms. The molecule has 5 heterocycles. The van der Waals surface area contributed by atoms with Crippen LogP contribution < -0.4 is 10.9 Å². The van der Waals surface area contributed by atoms with Crippen LogP contribution >= 0.6 is 72.2 Å². The van der Waals surface area contributed by atoms with E-state index in [1.54, 1.807) is 24.3 Å². The van der Waals surface area contributed by atoms with Gasteiger partial charge in [-0.2, -0.15) is 0 Å². The molecular formula is C112H88B3Br3ClFN5O8S. The van der Waals surface area contributed by atoms with Crippen LogP contribution in [0.1, 0.15) is 50.8 Å². The molecule has 17 aromatic carbocycles. The van der Waals surface area contributed by atoms with Crippen LogP contribution in [0, 0.1) is 0 Å². The van der Waals surface area contributed by atoms with Crippen molar-refractivity contribution in [1.82, 2.24) is 18.3 Å². The predicted octanol–water partition coefficient (Wildman–Crippen LogP) is 27.5. The normalized spacial score (nSPS) is 11.2. The maximum atomic E-state index is 10.9. The Morgan fingerprint density at radius 1 is 0.351 bits per heavy atom. The number of hydrogen-bond donors (Lipinski definition) is 5. The van der Waals surface area contributed by atoms with Gasteiger partial charge in [-0.15, -0.1) is 0 Å². The number of aromatic nitrogens is 4. The zero-order chi connectivity index (χ0) is 94.7. The number of ether oxygens (including phenoxy) is 1. The number of halogens is 5. The molecule has 1 aliphatic heterocycles. The van der Waals surface area contributed by atoms with Gasteiger partial charge in [0.1, 0.15) is 18.9 Å². The molecule has 0 amide bonds. The van der Waals surface area contributed by atoms with Crippen molar-refractivity contribution < 1.29 is 45.0 Å². The first-order valence-corrected chi connectivity index (χ1v) is 45.9. The molecule has 1 fully saturated rings. The molecule has 22 rings (SSSR count). The number of carbonyl (C=O) groups is 3. The Kier molecular flexibility index (Phi) is 33.5. The average Bonchev–Trinajstić information content (AvgIpc) is 1.61. The van der Waals surface area contributed by atoms with Crippen molar-refractivity contribution in [3.63, 3.8) is 0 Å². The topological polar surface area (TPSA) is 173 Å². The van der Waals surface area contributed by atoms with Crippen LogP contribution in [0.5, 0.6) is 0 Å². The van der Waals surface area contributed by atoms with E-state index in [4.69, 9.17) is 37.8 Å². The third kappa shape index (κ3) is 23.2. The van der Waals surface area contributed by atoms with Gasteiger partial charge >= 0.3 is 39.0 Å². The number of fused-ring (bicyclic) bond motifs is 12. The van der Waals surface area contributed by atoms with Crippen LogP contribution in [0.3, 0.4) is 0 Å². The second-order valence-corrected chi connectivity index (χ2v) is 34.1. The molecule has 13 nitrogen and oxygen atoms in total. The van der Waals surface area contributed by atoms with Gasteiger partial charge in [-0.1, -0.05) is 309 Å². The number of benzene rings is 17. The Bertz CT molecular complexity index is 7400. The summed E-state index contributed by atoms with van der Waals surface area (Å²) >= 11 is 19.6. The quantitative estimate of drug-likeness (QED) is 0.0431. The van der Waals surface area contributed by atoms with E-state index < -0.39 is 21.4 Å². The van der Waals surface area contributed by atoms with Crippen LogP contribution in [0.4, 0.5) is 4.39 Å². The molecule has 0 unspecified atom stereocenters. The van der Waals surface area contributed by atoms with Gasteiger partial charge in [0.25, 0.3) is 0 Å². The number of rotatable bonds is 13. The van der Waals surface area contributed by atoms with E-state index in [0.717, 1.165) is 78.4 Å². The molecule has 0 aliphatic carbocycles. The van der Waals surface area contributed by atoms with E-state index >= 15 is 0 Å². The van der Waals surface area contributed by atoms with E-state index in [2.05, 4.69) is 383 Å². The Balaban J connectivity index is 0.000000131. The molecular weight excluding hydrogens is 1900 g/mol. The van der Waals surface area contributed by atoms with Gasteiger partial charge in [0.2, 0.25) is 0 Å². The fraction of sp³-hybridized carbons (Fsp3) is 0.0446. The van der Waals surface area contributed by atoms with Gasteiger partial charge in [0.05, 0.1) is 52.7 Å². The summed E-state index contributed by atoms with van der Waals surface area (Å²) in [7, 11) is 0.469. The van der Waals surface area contributed by atoms with Crippen molar-refractivity contribution in [2.45, 2.75) is 12.8 Å². The van der Waals surface area contributed by atoms with Crippen LogP contribution in [0.15, 0.2) is 425 Å². The van der Waals surface area contributed by atoms with Gasteiger partial charge in [-0.3, -0.25) is 18.8 Å². The first-order valence-electron chi connectivity index (χ1n) is 43.4. The number of hydrogen-bond acceptors (Lipinski definition) is 10. The van der Waals surface area contributed by atoms with E-state index in [1.165, 1.54) is 147 Å². The summed E-state index contributed by atoms with van der Waals surface area (Å²) in [6, 6.07) is 135. The first-order chi connectivity index (χ1) is 65.9. The van der Waals surface area contributed by atoms with Gasteiger partial charge in [0, 0.05) is 114 Å². The monoisotopic (exact) mass is 1990 g/mol. The number of carbonyl (C=O) groups excluding carboxylic acids is 3. The molecule has 0 atom stereocenters. The van der Waals surface area contributed by atoms with Gasteiger partial charge in [0.15, 0.2) is 0 Å². The summed E-state index contributed by atoms with van der Waals surface area (Å²) in [5.74, 6) is 0. The van der Waals surface area contributed by atoms with Gasteiger partial charge in [-0.05, 0) is 227 Å². The molecule has 22 heteroatoms. The molecule has 1 aliphatic rings. The summed E-state index contributed by atoms with van der Waals surface area (Å²) in [5.41, 5.74) is 25.1. The SMILES string of the molecule is Brc1ccc2c(c1)c1ccccc1n2-c1ccccc1.C1CCOC1.C=Cc1ccc(-c2ccc3c(c2)c2cc(Br)ccc2n3-c2ccccc2)cc1.O=Cc1ccc(-c2ccc3c(c2)c2cc(Br)ccc2n3-c2ccccc2)cc1.O=Cc1ccc(-c2ccc3c(c2)c2ccccc2n3-c2ccccc2)cc1.O=Cc1ccc(B(O)O)cc1.OB(O)c1ccc(Cl)cc1.[2H]CF.[B]=NS. The van der Waals surface area contributed by atoms with Crippen LogP contribution in [0.25, 0.3) is 149 Å².